The molecule has 0 aromatic heterocycles. The zero-order valence-electron chi connectivity index (χ0n) is 23.2. The van der Waals surface area contributed by atoms with Crippen LogP contribution in [0.3, 0.4) is 0 Å². The number of aryl methyl sites for hydroxylation is 1. The van der Waals surface area contributed by atoms with E-state index in [2.05, 4.69) is 10.6 Å². The van der Waals surface area contributed by atoms with Crippen LogP contribution in [0.15, 0.2) is 18.2 Å². The van der Waals surface area contributed by atoms with Crippen molar-refractivity contribution >= 4 is 17.9 Å². The molecule has 2 rings (SSSR count). The van der Waals surface area contributed by atoms with Crippen LogP contribution in [0.25, 0.3) is 0 Å². The van der Waals surface area contributed by atoms with Gasteiger partial charge in [0.1, 0.15) is 23.4 Å². The maximum Gasteiger partial charge on any atom is 0.408 e. The van der Waals surface area contributed by atoms with E-state index in [1.54, 1.807) is 50.8 Å². The Hall–Kier alpha value is -2.77. The first-order chi connectivity index (χ1) is 16.8. The fourth-order valence-corrected chi connectivity index (χ4v) is 4.30. The van der Waals surface area contributed by atoms with Gasteiger partial charge in [0.15, 0.2) is 0 Å². The summed E-state index contributed by atoms with van der Waals surface area (Å²) in [6, 6.07) is 3.18. The highest BCUT2D eigenvalue weighted by Gasteiger charge is 2.48. The van der Waals surface area contributed by atoms with E-state index in [4.69, 9.17) is 4.74 Å². The van der Waals surface area contributed by atoms with Crippen molar-refractivity contribution in [2.45, 2.75) is 105 Å². The average molecular weight is 504 g/mol. The number of rotatable bonds is 11. The minimum atomic E-state index is -1.01. The number of phenols is 1. The molecule has 202 valence electrons. The number of alkyl carbamates (subject to hydrolysis) is 1. The van der Waals surface area contributed by atoms with E-state index in [0.29, 0.717) is 24.1 Å². The lowest BCUT2D eigenvalue weighted by atomic mass is 9.97. The molecule has 3 amide bonds. The summed E-state index contributed by atoms with van der Waals surface area (Å²) in [6.07, 6.45) is 2.19. The maximum absolute atomic E-state index is 14.1. The van der Waals surface area contributed by atoms with Crippen molar-refractivity contribution in [1.29, 1.82) is 0 Å². The first-order valence-corrected chi connectivity index (χ1v) is 13.1. The van der Waals surface area contributed by atoms with Crippen LogP contribution in [0, 0.1) is 18.8 Å². The van der Waals surface area contributed by atoms with Gasteiger partial charge in [-0.3, -0.25) is 9.59 Å². The zero-order chi connectivity index (χ0) is 27.2. The molecule has 4 unspecified atom stereocenters. The van der Waals surface area contributed by atoms with Gasteiger partial charge in [-0.1, -0.05) is 52.3 Å². The highest BCUT2D eigenvalue weighted by molar-refractivity contribution is 5.93. The van der Waals surface area contributed by atoms with Crippen molar-refractivity contribution in [2.75, 3.05) is 6.54 Å². The molecule has 0 spiro atoms. The van der Waals surface area contributed by atoms with Gasteiger partial charge in [0, 0.05) is 18.2 Å². The van der Waals surface area contributed by atoms with E-state index in [1.807, 2.05) is 27.7 Å². The number of hydrogen-bond donors (Lipinski definition) is 3. The quantitative estimate of drug-likeness (QED) is 0.375. The molecule has 8 heteroatoms. The molecular weight excluding hydrogens is 458 g/mol. The monoisotopic (exact) mass is 503 g/mol. The second-order valence-electron chi connectivity index (χ2n) is 11.4. The number of carbonyl (C=O) groups is 3. The third-order valence-electron chi connectivity index (χ3n) is 6.29. The van der Waals surface area contributed by atoms with Crippen molar-refractivity contribution in [3.63, 3.8) is 0 Å². The van der Waals surface area contributed by atoms with E-state index in [-0.39, 0.29) is 35.4 Å². The van der Waals surface area contributed by atoms with Crippen molar-refractivity contribution in [3.8, 4) is 5.75 Å². The number of amides is 3. The Morgan fingerprint density at radius 3 is 2.39 bits per heavy atom. The SMILES string of the molecule is CCCCNC(=O)C(c1cccc(C)c1O)N(C(=O)C(CC(C)C)NC(=O)OC(C)(C)C)C1CC1C. The Balaban J connectivity index is 2.51. The lowest BCUT2D eigenvalue weighted by molar-refractivity contribution is -0.143. The Morgan fingerprint density at radius 1 is 1.22 bits per heavy atom. The number of phenolic OH excluding ortho intramolecular Hbond substituents is 1. The second kappa shape index (κ2) is 12.5. The number of unbranched alkanes of at least 4 members (excludes halogenated alkanes) is 1. The standard InChI is InChI=1S/C28H45N3O5/c1-9-10-14-29-25(33)23(20-13-11-12-18(4)24(20)32)31(22-16-19(22)5)26(34)21(15-17(2)3)30-27(35)36-28(6,7)8/h11-13,17,19,21-23,32H,9-10,14-16H2,1-8H3,(H,29,33)(H,30,35). The van der Waals surface area contributed by atoms with Crippen molar-refractivity contribution < 1.29 is 24.2 Å². The van der Waals surface area contributed by atoms with E-state index in [9.17, 15) is 19.5 Å². The number of nitrogens with zero attached hydrogens (tertiary/aromatic N) is 1. The Morgan fingerprint density at radius 2 is 1.86 bits per heavy atom. The molecule has 0 saturated heterocycles. The molecule has 1 saturated carbocycles. The molecule has 4 atom stereocenters. The molecular formula is C28H45N3O5. The summed E-state index contributed by atoms with van der Waals surface area (Å²) in [5, 5.41) is 16.7. The summed E-state index contributed by atoms with van der Waals surface area (Å²) in [7, 11) is 0. The topological polar surface area (TPSA) is 108 Å². The first kappa shape index (κ1) is 29.5. The van der Waals surface area contributed by atoms with Crippen LogP contribution >= 0.6 is 0 Å². The van der Waals surface area contributed by atoms with Crippen molar-refractivity contribution in [3.05, 3.63) is 29.3 Å². The smallest absolute Gasteiger partial charge is 0.408 e. The molecule has 3 N–H and O–H groups in total. The fraction of sp³-hybridized carbons (Fsp3) is 0.679. The summed E-state index contributed by atoms with van der Waals surface area (Å²) in [4.78, 5) is 42.0. The summed E-state index contributed by atoms with van der Waals surface area (Å²) in [5.74, 6) is -0.373. The van der Waals surface area contributed by atoms with Gasteiger partial charge in [0.2, 0.25) is 11.8 Å². The predicted octanol–water partition coefficient (Wildman–Crippen LogP) is 4.83. The second-order valence-corrected chi connectivity index (χ2v) is 11.4. The lowest BCUT2D eigenvalue weighted by Crippen LogP contribution is -2.54. The summed E-state index contributed by atoms with van der Waals surface area (Å²) in [5.41, 5.74) is 0.299. The summed E-state index contributed by atoms with van der Waals surface area (Å²) < 4.78 is 5.43. The number of hydrogen-bond acceptors (Lipinski definition) is 5. The Labute approximate surface area is 216 Å². The van der Waals surface area contributed by atoms with Gasteiger partial charge in [-0.15, -0.1) is 0 Å². The number of para-hydroxylation sites is 1. The van der Waals surface area contributed by atoms with E-state index < -0.39 is 23.8 Å². The lowest BCUT2D eigenvalue weighted by Gasteiger charge is -2.35. The minimum absolute atomic E-state index is 0.000226. The van der Waals surface area contributed by atoms with Crippen molar-refractivity contribution in [1.82, 2.24) is 15.5 Å². The Kier molecular flexibility index (Phi) is 10.2. The van der Waals surface area contributed by atoms with Gasteiger partial charge < -0.3 is 25.4 Å². The molecule has 0 radical (unpaired) electrons. The highest BCUT2D eigenvalue weighted by Crippen LogP contribution is 2.43. The third kappa shape index (κ3) is 8.14. The molecule has 1 fully saturated rings. The van der Waals surface area contributed by atoms with Crippen LogP contribution < -0.4 is 10.6 Å². The van der Waals surface area contributed by atoms with Crippen LogP contribution in [0.5, 0.6) is 5.75 Å². The van der Waals surface area contributed by atoms with Crippen LogP contribution in [-0.2, 0) is 14.3 Å². The number of ether oxygens (including phenoxy) is 1. The zero-order valence-corrected chi connectivity index (χ0v) is 23.2. The van der Waals surface area contributed by atoms with Crippen LogP contribution in [0.1, 0.15) is 91.3 Å². The molecule has 36 heavy (non-hydrogen) atoms. The van der Waals surface area contributed by atoms with Crippen LogP contribution in [0.2, 0.25) is 0 Å². The normalized spacial score (nSPS) is 18.8. The van der Waals surface area contributed by atoms with E-state index in [1.165, 1.54) is 0 Å². The van der Waals surface area contributed by atoms with Crippen LogP contribution in [-0.4, -0.2) is 52.1 Å². The number of aromatic hydroxyl groups is 1. The summed E-state index contributed by atoms with van der Waals surface area (Å²) in [6.45, 7) is 15.6. The number of carbonyl (C=O) groups excluding carboxylic acids is 3. The molecule has 1 aromatic carbocycles. The third-order valence-corrected chi connectivity index (χ3v) is 6.29. The van der Waals surface area contributed by atoms with Gasteiger partial charge in [0.05, 0.1) is 0 Å². The molecule has 8 nitrogen and oxygen atoms in total. The van der Waals surface area contributed by atoms with Gasteiger partial charge >= 0.3 is 6.09 Å². The molecule has 0 heterocycles. The number of nitrogens with one attached hydrogen (secondary N) is 2. The largest absolute Gasteiger partial charge is 0.507 e. The molecule has 0 bridgehead atoms. The van der Waals surface area contributed by atoms with E-state index >= 15 is 0 Å². The number of benzene rings is 1. The van der Waals surface area contributed by atoms with Gasteiger partial charge in [-0.05, 0) is 64.4 Å². The van der Waals surface area contributed by atoms with Crippen molar-refractivity contribution in [2.24, 2.45) is 11.8 Å². The fourth-order valence-electron chi connectivity index (χ4n) is 4.30. The van der Waals surface area contributed by atoms with Gasteiger partial charge in [0.25, 0.3) is 0 Å². The first-order valence-electron chi connectivity index (χ1n) is 13.1. The predicted molar refractivity (Wildman–Crippen MR) is 141 cm³/mol. The molecule has 1 aliphatic rings. The Bertz CT molecular complexity index is 924. The van der Waals surface area contributed by atoms with Gasteiger partial charge in [-0.2, -0.15) is 0 Å². The minimum Gasteiger partial charge on any atom is -0.507 e. The molecule has 1 aromatic rings. The van der Waals surface area contributed by atoms with Crippen LogP contribution in [0.4, 0.5) is 4.79 Å². The summed E-state index contributed by atoms with van der Waals surface area (Å²) >= 11 is 0. The van der Waals surface area contributed by atoms with E-state index in [0.717, 1.165) is 19.3 Å². The molecule has 0 aliphatic heterocycles. The van der Waals surface area contributed by atoms with Gasteiger partial charge in [-0.25, -0.2) is 4.79 Å². The molecule has 1 aliphatic carbocycles. The highest BCUT2D eigenvalue weighted by atomic mass is 16.6. The maximum atomic E-state index is 14.1. The average Bonchev–Trinajstić information content (AvgIpc) is 3.47.